The predicted octanol–water partition coefficient (Wildman–Crippen LogP) is 1.38. The molecule has 7 atom stereocenters. The Kier molecular flexibility index (Phi) is 10.4. The minimum absolute atomic E-state index is 0.0180. The van der Waals surface area contributed by atoms with E-state index in [0.717, 1.165) is 10.8 Å². The van der Waals surface area contributed by atoms with Gasteiger partial charge < -0.3 is 39.3 Å². The molecule has 2 aromatic rings. The molecule has 1 aromatic heterocycles. The zero-order chi connectivity index (χ0) is 30.8. The van der Waals surface area contributed by atoms with Crippen LogP contribution in [0.15, 0.2) is 27.0 Å². The maximum atomic E-state index is 12.5. The van der Waals surface area contributed by atoms with E-state index < -0.39 is 69.2 Å². The Bertz CT molecular complexity index is 1480. The van der Waals surface area contributed by atoms with E-state index in [1.54, 1.807) is 0 Å². The summed E-state index contributed by atoms with van der Waals surface area (Å²) in [6, 6.07) is 1.32. The first-order valence-corrected chi connectivity index (χ1v) is 14.6. The molecule has 16 nitrogen and oxygen atoms in total. The number of aliphatic hydroxyl groups excluding tert-OH is 2. The van der Waals surface area contributed by atoms with Crippen molar-refractivity contribution in [3.05, 3.63) is 54.3 Å². The van der Waals surface area contributed by atoms with Crippen LogP contribution in [0.2, 0.25) is 10.0 Å². The molecule has 2 fully saturated rings. The van der Waals surface area contributed by atoms with Gasteiger partial charge in [0.15, 0.2) is 30.2 Å². The highest BCUT2D eigenvalue weighted by molar-refractivity contribution is 7.47. The number of aromatic nitrogens is 2. The number of phosphoric acid groups is 1. The van der Waals surface area contributed by atoms with Crippen LogP contribution in [0.25, 0.3) is 0 Å². The molecule has 42 heavy (non-hydrogen) atoms. The molecular weight excluding hydrogens is 628 g/mol. The highest BCUT2D eigenvalue weighted by Gasteiger charge is 2.41. The van der Waals surface area contributed by atoms with E-state index >= 15 is 0 Å². The van der Waals surface area contributed by atoms with Crippen molar-refractivity contribution in [1.82, 2.24) is 9.55 Å². The molecule has 19 heteroatoms. The van der Waals surface area contributed by atoms with Crippen LogP contribution in [0.3, 0.4) is 0 Å². The molecule has 5 N–H and O–H groups in total. The number of phenolic OH excluding ortho intramolecular Hbond substituents is 1. The fourth-order valence-electron chi connectivity index (χ4n) is 4.22. The molecule has 0 bridgehead atoms. The number of aromatic hydroxyl groups is 1. The van der Waals surface area contributed by atoms with Crippen LogP contribution < -0.4 is 16.0 Å². The average Bonchev–Trinajstić information content (AvgIpc) is 3.49. The zero-order valence-electron chi connectivity index (χ0n) is 22.1. The molecule has 0 radical (unpaired) electrons. The highest BCUT2D eigenvalue weighted by atomic mass is 35.5. The molecule has 0 aliphatic carbocycles. The van der Waals surface area contributed by atoms with Crippen molar-refractivity contribution in [2.75, 3.05) is 20.3 Å². The first kappa shape index (κ1) is 32.4. The van der Waals surface area contributed by atoms with Crippen molar-refractivity contribution in [3.63, 3.8) is 0 Å². The van der Waals surface area contributed by atoms with Gasteiger partial charge in [0.25, 0.3) is 5.56 Å². The highest BCUT2D eigenvalue weighted by Crippen LogP contribution is 2.46. The molecular formula is C23H28Cl2N3O13P. The van der Waals surface area contributed by atoms with Crippen LogP contribution >= 0.6 is 31.0 Å². The Labute approximate surface area is 247 Å². The summed E-state index contributed by atoms with van der Waals surface area (Å²) in [4.78, 5) is 42.1. The average molecular weight is 656 g/mol. The first-order valence-electron chi connectivity index (χ1n) is 12.3. The van der Waals surface area contributed by atoms with Gasteiger partial charge in [-0.1, -0.05) is 28.4 Å². The lowest BCUT2D eigenvalue weighted by atomic mass is 10.1. The van der Waals surface area contributed by atoms with Crippen LogP contribution in [-0.4, -0.2) is 81.1 Å². The van der Waals surface area contributed by atoms with Crippen LogP contribution in [0, 0.1) is 12.8 Å². The van der Waals surface area contributed by atoms with Gasteiger partial charge in [-0.3, -0.25) is 23.4 Å². The molecule has 3 unspecified atom stereocenters. The molecule has 2 aliphatic heterocycles. The SMILES string of the molecule is COc1cc(Cl)c(/C=N/O[C@@H]2C[C@H](n3cc(C)c(=O)[nH]c3=O)O[C@@H]2COP(=O)(O)OC[C@@H]2CC(O)OC2O)c(Cl)c1O. The normalized spacial score (nSPS) is 27.4. The van der Waals surface area contributed by atoms with E-state index in [0.29, 0.717) is 0 Å². The summed E-state index contributed by atoms with van der Waals surface area (Å²) in [6.45, 7) is 0.469. The molecule has 3 heterocycles. The van der Waals surface area contributed by atoms with Crippen LogP contribution in [0.1, 0.15) is 30.2 Å². The number of nitrogens with one attached hydrogen (secondary N) is 1. The van der Waals surface area contributed by atoms with Gasteiger partial charge in [0, 0.05) is 42.1 Å². The summed E-state index contributed by atoms with van der Waals surface area (Å²) in [6.07, 6.45) is -3.31. The molecule has 0 spiro atoms. The number of methoxy groups -OCH3 is 1. The summed E-state index contributed by atoms with van der Waals surface area (Å²) in [5, 5.41) is 33.1. The minimum atomic E-state index is -4.70. The third-order valence-corrected chi connectivity index (χ3v) is 8.13. The Morgan fingerprint density at radius 3 is 2.60 bits per heavy atom. The number of hydrogen-bond donors (Lipinski definition) is 5. The van der Waals surface area contributed by atoms with Crippen molar-refractivity contribution in [1.29, 1.82) is 0 Å². The fourth-order valence-corrected chi connectivity index (χ4v) is 5.54. The third kappa shape index (κ3) is 7.52. The van der Waals surface area contributed by atoms with Gasteiger partial charge in [0.05, 0.1) is 36.6 Å². The largest absolute Gasteiger partial charge is 0.503 e. The zero-order valence-corrected chi connectivity index (χ0v) is 24.5. The number of H-pyrrole nitrogens is 1. The number of oxime groups is 1. The third-order valence-electron chi connectivity index (χ3n) is 6.49. The van der Waals surface area contributed by atoms with Crippen molar-refractivity contribution in [3.8, 4) is 11.5 Å². The number of phenols is 1. The first-order chi connectivity index (χ1) is 19.8. The number of phosphoric ester groups is 1. The number of ether oxygens (including phenoxy) is 3. The van der Waals surface area contributed by atoms with Crippen molar-refractivity contribution in [2.24, 2.45) is 11.1 Å². The second kappa shape index (κ2) is 13.4. The molecule has 2 saturated heterocycles. The Balaban J connectivity index is 1.49. The number of rotatable bonds is 11. The summed E-state index contributed by atoms with van der Waals surface area (Å²) >= 11 is 12.4. The molecule has 2 aliphatic rings. The van der Waals surface area contributed by atoms with Crippen molar-refractivity contribution in [2.45, 2.75) is 50.8 Å². The van der Waals surface area contributed by atoms with Gasteiger partial charge in [-0.2, -0.15) is 0 Å². The second-order valence-electron chi connectivity index (χ2n) is 9.40. The number of aromatic amines is 1. The molecule has 1 aromatic carbocycles. The number of hydrogen-bond acceptors (Lipinski definition) is 13. The summed E-state index contributed by atoms with van der Waals surface area (Å²) in [5.41, 5.74) is -1.01. The molecule has 232 valence electrons. The maximum Gasteiger partial charge on any atom is 0.472 e. The van der Waals surface area contributed by atoms with Gasteiger partial charge in [0.2, 0.25) is 0 Å². The van der Waals surface area contributed by atoms with E-state index in [9.17, 15) is 34.4 Å². The lowest BCUT2D eigenvalue weighted by molar-refractivity contribution is -0.170. The number of benzene rings is 1. The quantitative estimate of drug-likeness (QED) is 0.131. The topological polar surface area (TPSA) is 221 Å². The van der Waals surface area contributed by atoms with Gasteiger partial charge in [-0.05, 0) is 6.92 Å². The van der Waals surface area contributed by atoms with Gasteiger partial charge >= 0.3 is 13.5 Å². The standard InChI is InChI=1S/C23H28Cl2N3O13P/c1-10-7-28(23(33)27-21(10)31)17-5-14(41-26-6-12-13(24)4-15(36-2)20(30)19(12)25)16(39-17)9-38-42(34,35)37-8-11-3-18(29)40-22(11)32/h4,6-7,11,14,16-18,22,29-30,32H,3,5,8-9H2,1-2H3,(H,34,35)(H,27,31,33)/b26-6+/t11-,14+,16+,17+,18?,22?/m0/s1. The number of nitrogens with zero attached hydrogens (tertiary/aromatic N) is 2. The van der Waals surface area contributed by atoms with Gasteiger partial charge in [-0.15, -0.1) is 0 Å². The van der Waals surface area contributed by atoms with Gasteiger partial charge in [0.1, 0.15) is 12.3 Å². The monoisotopic (exact) mass is 655 g/mol. The van der Waals surface area contributed by atoms with Crippen molar-refractivity contribution >= 4 is 37.2 Å². The predicted molar refractivity (Wildman–Crippen MR) is 145 cm³/mol. The van der Waals surface area contributed by atoms with E-state index in [4.69, 9.17) is 51.3 Å². The maximum absolute atomic E-state index is 12.5. The minimum Gasteiger partial charge on any atom is -0.503 e. The fraction of sp³-hybridized carbons (Fsp3) is 0.522. The Morgan fingerprint density at radius 1 is 1.21 bits per heavy atom. The molecule has 0 amide bonds. The lowest BCUT2D eigenvalue weighted by Crippen LogP contribution is -2.33. The summed E-state index contributed by atoms with van der Waals surface area (Å²) in [7, 11) is -3.38. The van der Waals surface area contributed by atoms with Gasteiger partial charge in [-0.25, -0.2) is 9.36 Å². The summed E-state index contributed by atoms with van der Waals surface area (Å²) in [5.74, 6) is -1.11. The number of halogens is 2. The lowest BCUT2D eigenvalue weighted by Gasteiger charge is -2.20. The molecule has 0 saturated carbocycles. The van der Waals surface area contributed by atoms with E-state index in [1.807, 2.05) is 0 Å². The Morgan fingerprint density at radius 2 is 1.93 bits per heavy atom. The Hall–Kier alpha value is -2.50. The summed E-state index contributed by atoms with van der Waals surface area (Å²) < 4.78 is 39.3. The van der Waals surface area contributed by atoms with Crippen molar-refractivity contribution < 1.29 is 52.9 Å². The van der Waals surface area contributed by atoms with E-state index in [-0.39, 0.29) is 45.5 Å². The van der Waals surface area contributed by atoms with E-state index in [1.165, 1.54) is 26.3 Å². The number of aliphatic hydroxyl groups is 2. The van der Waals surface area contributed by atoms with E-state index in [2.05, 4.69) is 10.1 Å². The number of aryl methyl sites for hydroxylation is 1. The molecule has 4 rings (SSSR count). The van der Waals surface area contributed by atoms with Crippen LogP contribution in [0.4, 0.5) is 0 Å². The second-order valence-corrected chi connectivity index (χ2v) is 11.6. The van der Waals surface area contributed by atoms with Crippen LogP contribution in [-0.2, 0) is 27.9 Å². The van der Waals surface area contributed by atoms with Crippen LogP contribution in [0.5, 0.6) is 11.5 Å². The smallest absolute Gasteiger partial charge is 0.472 e.